The molecule has 0 radical (unpaired) electrons. The van der Waals surface area contributed by atoms with Gasteiger partial charge in [-0.1, -0.05) is 60.7 Å². The number of pyridine rings is 1. The Kier molecular flexibility index (Phi) is 3.88. The number of fused-ring (bicyclic) bond motifs is 4. The van der Waals surface area contributed by atoms with Gasteiger partial charge in [-0.25, -0.2) is 4.98 Å². The molecule has 0 atom stereocenters. The third-order valence-electron chi connectivity index (χ3n) is 6.39. The molecular formula is C27H22N2O. The predicted molar refractivity (Wildman–Crippen MR) is 120 cm³/mol. The summed E-state index contributed by atoms with van der Waals surface area (Å²) in [5.41, 5.74) is 17.1. The average molecular weight is 390 g/mol. The quantitative estimate of drug-likeness (QED) is 0.439. The third kappa shape index (κ3) is 2.62. The first-order chi connectivity index (χ1) is 14.8. The smallest absolute Gasteiger partial charge is 0.214 e. The van der Waals surface area contributed by atoms with Gasteiger partial charge in [0.2, 0.25) is 5.88 Å². The van der Waals surface area contributed by atoms with E-state index in [-0.39, 0.29) is 6.10 Å². The topological polar surface area (TPSA) is 48.1 Å². The predicted octanol–water partition coefficient (Wildman–Crippen LogP) is 5.97. The Hall–Kier alpha value is -3.59. The van der Waals surface area contributed by atoms with E-state index in [2.05, 4.69) is 65.6 Å². The van der Waals surface area contributed by atoms with Gasteiger partial charge in [-0.15, -0.1) is 0 Å². The van der Waals surface area contributed by atoms with E-state index in [1.54, 1.807) is 0 Å². The van der Waals surface area contributed by atoms with Crippen molar-refractivity contribution in [3.63, 3.8) is 0 Å². The van der Waals surface area contributed by atoms with Gasteiger partial charge in [0.25, 0.3) is 0 Å². The maximum atomic E-state index is 6.55. The molecule has 0 aliphatic heterocycles. The molecule has 3 heteroatoms. The van der Waals surface area contributed by atoms with Gasteiger partial charge in [0.05, 0.1) is 0 Å². The molecule has 0 bridgehead atoms. The van der Waals surface area contributed by atoms with Crippen molar-refractivity contribution < 1.29 is 4.74 Å². The van der Waals surface area contributed by atoms with E-state index in [1.165, 1.54) is 39.8 Å². The lowest BCUT2D eigenvalue weighted by Gasteiger charge is -2.17. The molecule has 0 saturated heterocycles. The highest BCUT2D eigenvalue weighted by Gasteiger charge is 2.30. The van der Waals surface area contributed by atoms with E-state index in [4.69, 9.17) is 10.5 Å². The fraction of sp³-hybridized carbons (Fsp3) is 0.148. The van der Waals surface area contributed by atoms with Gasteiger partial charge in [-0.2, -0.15) is 0 Å². The minimum Gasteiger partial charge on any atom is -0.464 e. The first-order valence-corrected chi connectivity index (χ1v) is 10.5. The maximum absolute atomic E-state index is 6.55. The van der Waals surface area contributed by atoms with E-state index in [0.29, 0.717) is 5.88 Å². The van der Waals surface area contributed by atoms with Gasteiger partial charge in [-0.05, 0) is 53.1 Å². The van der Waals surface area contributed by atoms with Crippen molar-refractivity contribution in [3.05, 3.63) is 101 Å². The molecule has 3 nitrogen and oxygen atoms in total. The fourth-order valence-electron chi connectivity index (χ4n) is 4.95. The zero-order chi connectivity index (χ0) is 20.1. The molecule has 4 aromatic rings. The van der Waals surface area contributed by atoms with Gasteiger partial charge in [-0.3, -0.25) is 0 Å². The number of nitrogens with two attached hydrogens (primary N) is 1. The molecule has 0 unspecified atom stereocenters. The van der Waals surface area contributed by atoms with Gasteiger partial charge in [0.15, 0.2) is 6.10 Å². The van der Waals surface area contributed by atoms with Crippen LogP contribution < -0.4 is 10.5 Å². The number of ether oxygens (including phenoxy) is 1. The molecule has 2 aliphatic rings. The van der Waals surface area contributed by atoms with Crippen molar-refractivity contribution in [1.82, 2.24) is 4.98 Å². The summed E-state index contributed by atoms with van der Waals surface area (Å²) in [7, 11) is 0. The number of hydrogen-bond acceptors (Lipinski definition) is 3. The zero-order valence-electron chi connectivity index (χ0n) is 16.6. The monoisotopic (exact) mass is 390 g/mol. The van der Waals surface area contributed by atoms with Crippen molar-refractivity contribution >= 4 is 5.69 Å². The van der Waals surface area contributed by atoms with Crippen molar-refractivity contribution in [1.29, 1.82) is 0 Å². The number of nitrogens with zero attached hydrogens (tertiary/aromatic N) is 1. The molecule has 3 aromatic carbocycles. The standard InChI is InChI=1S/C27H22N2O/c28-26-19-11-5-6-17(19)12-13-20(26)18-14-15-29-25(16-18)30-27-23-9-3-1-7-21(23)22-8-2-4-10-24(22)27/h1-4,7-10,12-16,27H,5-6,11,28H2. The lowest BCUT2D eigenvalue weighted by Crippen LogP contribution is -2.07. The number of hydrogen-bond donors (Lipinski definition) is 1. The fourth-order valence-corrected chi connectivity index (χ4v) is 4.95. The first-order valence-electron chi connectivity index (χ1n) is 10.5. The SMILES string of the molecule is Nc1c(-c2ccnc(OC3c4ccccc4-c4ccccc43)c2)ccc2c1CCC2. The molecule has 0 amide bonds. The molecular weight excluding hydrogens is 368 g/mol. The molecule has 30 heavy (non-hydrogen) atoms. The van der Waals surface area contributed by atoms with Crippen LogP contribution in [0.2, 0.25) is 0 Å². The van der Waals surface area contributed by atoms with Crippen LogP contribution in [0.25, 0.3) is 22.3 Å². The van der Waals surface area contributed by atoms with Crippen LogP contribution in [0.5, 0.6) is 5.88 Å². The van der Waals surface area contributed by atoms with Crippen LogP contribution in [-0.4, -0.2) is 4.98 Å². The Bertz CT molecular complexity index is 1230. The normalized spacial score (nSPS) is 14.3. The van der Waals surface area contributed by atoms with Gasteiger partial charge < -0.3 is 10.5 Å². The molecule has 0 saturated carbocycles. The lowest BCUT2D eigenvalue weighted by molar-refractivity contribution is 0.242. The van der Waals surface area contributed by atoms with E-state index >= 15 is 0 Å². The third-order valence-corrected chi connectivity index (χ3v) is 6.39. The second-order valence-corrected chi connectivity index (χ2v) is 8.07. The molecule has 1 heterocycles. The largest absolute Gasteiger partial charge is 0.464 e. The number of benzene rings is 3. The summed E-state index contributed by atoms with van der Waals surface area (Å²) in [6.07, 6.45) is 5.04. The van der Waals surface area contributed by atoms with Crippen molar-refractivity contribution in [2.24, 2.45) is 0 Å². The molecule has 2 N–H and O–H groups in total. The Morgan fingerprint density at radius 1 is 0.800 bits per heavy atom. The summed E-state index contributed by atoms with van der Waals surface area (Å²) in [5, 5.41) is 0. The van der Waals surface area contributed by atoms with E-state index < -0.39 is 0 Å². The second-order valence-electron chi connectivity index (χ2n) is 8.07. The highest BCUT2D eigenvalue weighted by Crippen LogP contribution is 2.45. The van der Waals surface area contributed by atoms with Crippen LogP contribution in [0.3, 0.4) is 0 Å². The van der Waals surface area contributed by atoms with Crippen molar-refractivity contribution in [2.45, 2.75) is 25.4 Å². The minimum atomic E-state index is -0.155. The molecule has 2 aliphatic carbocycles. The van der Waals surface area contributed by atoms with Crippen molar-refractivity contribution in [2.75, 3.05) is 5.73 Å². The van der Waals surface area contributed by atoms with Crippen LogP contribution in [0, 0.1) is 0 Å². The second kappa shape index (κ2) is 6.74. The Morgan fingerprint density at radius 2 is 1.53 bits per heavy atom. The van der Waals surface area contributed by atoms with Crippen LogP contribution >= 0.6 is 0 Å². The van der Waals surface area contributed by atoms with Gasteiger partial charge in [0.1, 0.15) is 0 Å². The summed E-state index contributed by atoms with van der Waals surface area (Å²) in [5.74, 6) is 0.615. The van der Waals surface area contributed by atoms with Crippen molar-refractivity contribution in [3.8, 4) is 28.1 Å². The highest BCUT2D eigenvalue weighted by atomic mass is 16.5. The first kappa shape index (κ1) is 17.3. The summed E-state index contributed by atoms with van der Waals surface area (Å²) in [6.45, 7) is 0. The van der Waals surface area contributed by atoms with Crippen LogP contribution in [0.15, 0.2) is 79.0 Å². The molecule has 6 rings (SSSR count). The Labute approximate surface area is 176 Å². The van der Waals surface area contributed by atoms with E-state index in [0.717, 1.165) is 29.7 Å². The number of rotatable bonds is 3. The Balaban J connectivity index is 1.39. The minimum absolute atomic E-state index is 0.155. The molecule has 0 fully saturated rings. The molecule has 0 spiro atoms. The number of aromatic nitrogens is 1. The number of anilines is 1. The maximum Gasteiger partial charge on any atom is 0.214 e. The summed E-state index contributed by atoms with van der Waals surface area (Å²) in [6, 6.07) is 25.3. The summed E-state index contributed by atoms with van der Waals surface area (Å²) >= 11 is 0. The van der Waals surface area contributed by atoms with Gasteiger partial charge in [0, 0.05) is 34.6 Å². The molecule has 146 valence electrons. The van der Waals surface area contributed by atoms with Crippen LogP contribution in [0.4, 0.5) is 5.69 Å². The lowest BCUT2D eigenvalue weighted by atomic mass is 9.98. The Morgan fingerprint density at radius 3 is 2.30 bits per heavy atom. The average Bonchev–Trinajstić information content (AvgIpc) is 3.39. The zero-order valence-corrected chi connectivity index (χ0v) is 16.6. The highest BCUT2D eigenvalue weighted by molar-refractivity contribution is 5.81. The van der Waals surface area contributed by atoms with Gasteiger partial charge >= 0.3 is 0 Å². The van der Waals surface area contributed by atoms with E-state index in [1.807, 2.05) is 18.3 Å². The van der Waals surface area contributed by atoms with Crippen LogP contribution in [0.1, 0.15) is 34.8 Å². The summed E-state index contributed by atoms with van der Waals surface area (Å²) < 4.78 is 6.47. The molecule has 1 aromatic heterocycles. The summed E-state index contributed by atoms with van der Waals surface area (Å²) in [4.78, 5) is 4.51. The van der Waals surface area contributed by atoms with Crippen LogP contribution in [-0.2, 0) is 12.8 Å². The number of aryl methyl sites for hydroxylation is 1. The van der Waals surface area contributed by atoms with E-state index in [9.17, 15) is 0 Å². The number of nitrogen functional groups attached to an aromatic ring is 1.